The molecule has 1 saturated heterocycles. The van der Waals surface area contributed by atoms with Crippen molar-refractivity contribution in [3.63, 3.8) is 0 Å². The maximum atomic E-state index is 12.7. The van der Waals surface area contributed by atoms with E-state index in [4.69, 9.17) is 19.5 Å². The van der Waals surface area contributed by atoms with Gasteiger partial charge in [0.05, 0.1) is 19.5 Å². The second-order valence-corrected chi connectivity index (χ2v) is 19.3. The summed E-state index contributed by atoms with van der Waals surface area (Å²) < 4.78 is 62.2. The normalized spacial score (nSPS) is 21.6. The van der Waals surface area contributed by atoms with Gasteiger partial charge in [0, 0.05) is 30.7 Å². The number of phosphoric ester groups is 3. The zero-order valence-electron chi connectivity index (χ0n) is 31.9. The molecule has 0 saturated carbocycles. The average Bonchev–Trinajstić information content (AvgIpc) is 3.67. The number of hydrogen-bond donors (Lipinski definition) is 9. The molecule has 7 atom stereocenters. The van der Waals surface area contributed by atoms with Gasteiger partial charge in [-0.25, -0.2) is 28.6 Å². The highest BCUT2D eigenvalue weighted by atomic mass is 32.2. The van der Waals surface area contributed by atoms with Crippen LogP contribution in [0, 0.1) is 11.3 Å². The number of aliphatic hydroxyl groups is 2. The number of nitrogens with two attached hydrogens (primary N) is 1. The van der Waals surface area contributed by atoms with Crippen LogP contribution in [0.2, 0.25) is 0 Å². The van der Waals surface area contributed by atoms with Gasteiger partial charge < -0.3 is 50.9 Å². The molecule has 2 amide bonds. The van der Waals surface area contributed by atoms with E-state index in [1.54, 1.807) is 0 Å². The number of aliphatic hydroxyl groups excluding tert-OH is 2. The Morgan fingerprint density at radius 1 is 1.07 bits per heavy atom. The highest BCUT2D eigenvalue weighted by molar-refractivity contribution is 8.14. The number of rotatable bonds is 24. The van der Waals surface area contributed by atoms with E-state index in [1.165, 1.54) is 19.9 Å². The number of fused-ring (bicyclic) bond motifs is 1. The quantitative estimate of drug-likeness (QED) is 0.0404. The van der Waals surface area contributed by atoms with E-state index in [0.29, 0.717) is 11.7 Å². The second-order valence-electron chi connectivity index (χ2n) is 14.0. The van der Waals surface area contributed by atoms with Crippen molar-refractivity contribution < 1.29 is 80.5 Å². The van der Waals surface area contributed by atoms with Crippen LogP contribution in [0.25, 0.3) is 11.2 Å². The lowest BCUT2D eigenvalue weighted by Crippen LogP contribution is -2.46. The van der Waals surface area contributed by atoms with Crippen LogP contribution >= 0.6 is 35.2 Å². The van der Waals surface area contributed by atoms with Crippen molar-refractivity contribution in [1.82, 2.24) is 30.2 Å². The molecule has 1 aliphatic rings. The fraction of sp³-hybridized carbons (Fsp3) is 0.667. The van der Waals surface area contributed by atoms with Crippen molar-refractivity contribution in [2.24, 2.45) is 11.3 Å². The van der Waals surface area contributed by atoms with Crippen molar-refractivity contribution in [2.45, 2.75) is 84.0 Å². The van der Waals surface area contributed by atoms with Crippen molar-refractivity contribution in [2.75, 3.05) is 37.8 Å². The Labute approximate surface area is 337 Å². The molecule has 2 unspecified atom stereocenters. The minimum Gasteiger partial charge on any atom is -0.386 e. The lowest BCUT2D eigenvalue weighted by Gasteiger charge is -2.30. The van der Waals surface area contributed by atoms with Gasteiger partial charge in [0.15, 0.2) is 17.7 Å². The zero-order valence-corrected chi connectivity index (χ0v) is 35.4. The molecule has 3 heterocycles. The molecule has 28 heteroatoms. The van der Waals surface area contributed by atoms with E-state index in [2.05, 4.69) is 48.3 Å². The highest BCUT2D eigenvalue weighted by Gasteiger charge is 2.50. The van der Waals surface area contributed by atoms with E-state index >= 15 is 0 Å². The SMILES string of the molecule is CC(C)CCC/C=C/C(=O)SCCNC(=O)CCNC(=O)[C@@H](O)C(C)(C)COP(=O)(O)OP(=O)(O)OC[C@@H]1O[C@H](n2cnc3c(N)ncnc32)[C@@H](O)[C@H]1OP(=O)(O)O. The van der Waals surface area contributed by atoms with Crippen LogP contribution in [0.15, 0.2) is 24.8 Å². The maximum absolute atomic E-state index is 12.7. The first kappa shape index (κ1) is 49.7. The third-order valence-corrected chi connectivity index (χ3v) is 12.1. The van der Waals surface area contributed by atoms with Crippen LogP contribution in [0.3, 0.4) is 0 Å². The summed E-state index contributed by atoms with van der Waals surface area (Å²) in [6, 6.07) is 0. The van der Waals surface area contributed by atoms with Crippen LogP contribution in [0.1, 0.15) is 59.6 Å². The van der Waals surface area contributed by atoms with Gasteiger partial charge in [-0.3, -0.25) is 32.5 Å². The fourth-order valence-corrected chi connectivity index (χ4v) is 8.58. The third kappa shape index (κ3) is 16.1. The Kier molecular flexibility index (Phi) is 18.6. The third-order valence-electron chi connectivity index (χ3n) is 8.15. The number of nitrogens with one attached hydrogen (secondary N) is 2. The number of ether oxygens (including phenoxy) is 1. The van der Waals surface area contributed by atoms with Crippen LogP contribution in [0.4, 0.5) is 5.82 Å². The first-order valence-electron chi connectivity index (χ1n) is 17.6. The topological polar surface area (TPSA) is 364 Å². The van der Waals surface area contributed by atoms with Gasteiger partial charge >= 0.3 is 23.5 Å². The molecule has 24 nitrogen and oxygen atoms in total. The number of nitrogen functional groups attached to an aromatic ring is 1. The Morgan fingerprint density at radius 2 is 1.76 bits per heavy atom. The van der Waals surface area contributed by atoms with Crippen LogP contribution in [-0.2, 0) is 50.7 Å². The first-order chi connectivity index (χ1) is 26.9. The maximum Gasteiger partial charge on any atom is 0.481 e. The molecule has 2 aromatic rings. The Hall–Kier alpha value is -2.70. The summed E-state index contributed by atoms with van der Waals surface area (Å²) in [6.45, 7) is 4.75. The van der Waals surface area contributed by atoms with Crippen molar-refractivity contribution in [3.05, 3.63) is 24.8 Å². The fourth-order valence-electron chi connectivity index (χ4n) is 5.15. The van der Waals surface area contributed by atoms with E-state index in [0.717, 1.165) is 48.2 Å². The van der Waals surface area contributed by atoms with E-state index < -0.39 is 84.6 Å². The molecule has 0 spiro atoms. The molecule has 3 rings (SSSR count). The minimum atomic E-state index is -5.57. The van der Waals surface area contributed by atoms with E-state index in [9.17, 15) is 57.9 Å². The average molecular weight is 906 g/mol. The molecule has 328 valence electrons. The van der Waals surface area contributed by atoms with Gasteiger partial charge in [0.1, 0.15) is 36.3 Å². The molecule has 0 aromatic carbocycles. The first-order valence-corrected chi connectivity index (χ1v) is 23.1. The number of allylic oxidation sites excluding steroid dienone is 1. The number of unbranched alkanes of at least 4 members (excludes halogenated alkanes) is 1. The number of aromatic nitrogens is 4. The molecule has 10 N–H and O–H groups in total. The largest absolute Gasteiger partial charge is 0.481 e. The number of carbonyl (C=O) groups excluding carboxylic acids is 3. The molecule has 1 fully saturated rings. The van der Waals surface area contributed by atoms with E-state index in [-0.39, 0.29) is 41.6 Å². The zero-order chi connectivity index (χ0) is 43.5. The molecule has 1 aliphatic heterocycles. The van der Waals surface area contributed by atoms with Crippen molar-refractivity contribution >= 4 is 69.1 Å². The van der Waals surface area contributed by atoms with Gasteiger partial charge in [-0.2, -0.15) is 4.31 Å². The lowest BCUT2D eigenvalue weighted by atomic mass is 9.87. The number of anilines is 1. The number of nitrogens with zero attached hydrogens (tertiary/aromatic N) is 4. The summed E-state index contributed by atoms with van der Waals surface area (Å²) in [5, 5.41) is 26.3. The molecular weight excluding hydrogens is 855 g/mol. The summed E-state index contributed by atoms with van der Waals surface area (Å²) in [5.41, 5.74) is 4.27. The van der Waals surface area contributed by atoms with Gasteiger partial charge in [-0.15, -0.1) is 0 Å². The number of amides is 2. The molecular formula is C30H50N7O17P3S. The van der Waals surface area contributed by atoms with Crippen LogP contribution in [0.5, 0.6) is 0 Å². The minimum absolute atomic E-state index is 0.0308. The Bertz CT molecular complexity index is 1900. The predicted octanol–water partition coefficient (Wildman–Crippen LogP) is 1.05. The Balaban J connectivity index is 1.45. The Morgan fingerprint density at radius 3 is 2.43 bits per heavy atom. The van der Waals surface area contributed by atoms with Gasteiger partial charge in [-0.05, 0) is 24.8 Å². The summed E-state index contributed by atoms with van der Waals surface area (Å²) in [7, 11) is -16.4. The number of thioether (sulfide) groups is 1. The lowest BCUT2D eigenvalue weighted by molar-refractivity contribution is -0.137. The summed E-state index contributed by atoms with van der Waals surface area (Å²) in [5.74, 6) is -0.519. The highest BCUT2D eigenvalue weighted by Crippen LogP contribution is 2.61. The standard InChI is InChI=1S/C30H50N7O17P3S/c1-18(2)8-6-5-7-9-21(39)58-13-12-32-20(38)10-11-33-28(42)25(41)30(3,4)15-51-57(48,49)54-56(46,47)50-14-19-24(53-55(43,44)45)23(40)29(52-19)37-17-36-22-26(31)34-16-35-27(22)37/h7,9,16-19,23-25,29,40-41H,5-6,8,10-15H2,1-4H3,(H,32,38)(H,33,42)(H,46,47)(H,48,49)(H2,31,34,35)(H2,43,44,45)/b9-7+/t19-,23-,24-,25+,29-/m0/s1. The van der Waals surface area contributed by atoms with Crippen molar-refractivity contribution in [1.29, 1.82) is 0 Å². The molecule has 0 bridgehead atoms. The predicted molar refractivity (Wildman–Crippen MR) is 205 cm³/mol. The molecule has 2 aromatic heterocycles. The van der Waals surface area contributed by atoms with Gasteiger partial charge in [0.25, 0.3) is 0 Å². The summed E-state index contributed by atoms with van der Waals surface area (Å²) in [6.07, 6.45) is -0.701. The molecule has 0 radical (unpaired) electrons. The number of phosphoric acid groups is 3. The van der Waals surface area contributed by atoms with Crippen LogP contribution in [-0.4, -0.2) is 123 Å². The number of imidazole rings is 1. The number of hydrogen-bond acceptors (Lipinski definition) is 18. The van der Waals surface area contributed by atoms with E-state index in [1.807, 2.05) is 6.08 Å². The molecule has 0 aliphatic carbocycles. The monoisotopic (exact) mass is 905 g/mol. The molecule has 58 heavy (non-hydrogen) atoms. The van der Waals surface area contributed by atoms with Crippen molar-refractivity contribution in [3.8, 4) is 0 Å². The van der Waals surface area contributed by atoms with Gasteiger partial charge in [-0.1, -0.05) is 52.0 Å². The smallest absolute Gasteiger partial charge is 0.386 e. The second kappa shape index (κ2) is 21.7. The van der Waals surface area contributed by atoms with Gasteiger partial charge in [0.2, 0.25) is 16.9 Å². The summed E-state index contributed by atoms with van der Waals surface area (Å²) in [4.78, 5) is 87.6. The van der Waals surface area contributed by atoms with Crippen LogP contribution < -0.4 is 16.4 Å². The summed E-state index contributed by atoms with van der Waals surface area (Å²) >= 11 is 1.05. The number of carbonyl (C=O) groups is 3.